The Morgan fingerprint density at radius 1 is 1.14 bits per heavy atom. The fraction of sp³-hybridized carbons (Fsp3) is 0.552. The minimum Gasteiger partial charge on any atom is -0.478 e. The van der Waals surface area contributed by atoms with Crippen molar-refractivity contribution in [2.75, 3.05) is 6.61 Å². The molecule has 200 valence electrons. The highest BCUT2D eigenvalue weighted by molar-refractivity contribution is 6.26. The molecule has 0 amide bonds. The number of carboxylic acids is 1. The highest BCUT2D eigenvalue weighted by atomic mass is 35.5. The summed E-state index contributed by atoms with van der Waals surface area (Å²) in [5, 5.41) is 40.7. The van der Waals surface area contributed by atoms with Gasteiger partial charge in [-0.05, 0) is 67.7 Å². The number of hydrogen-bond donors (Lipinski definition) is 4. The molecule has 4 aliphatic carbocycles. The van der Waals surface area contributed by atoms with Crippen LogP contribution in [-0.4, -0.2) is 61.1 Å². The van der Waals surface area contributed by atoms with E-state index in [0.29, 0.717) is 24.8 Å². The number of benzene rings is 1. The van der Waals surface area contributed by atoms with E-state index in [1.54, 1.807) is 36.4 Å². The first kappa shape index (κ1) is 27.7. The molecule has 0 bridgehead atoms. The molecule has 37 heavy (non-hydrogen) atoms. The number of fused-ring (bicyclic) bond motifs is 5. The monoisotopic (exact) mass is 530 g/mol. The zero-order chi connectivity index (χ0) is 27.4. The number of halogens is 1. The summed E-state index contributed by atoms with van der Waals surface area (Å²) in [5.41, 5.74) is -1.92. The van der Waals surface area contributed by atoms with Gasteiger partial charge in [0.1, 0.15) is 12.2 Å². The van der Waals surface area contributed by atoms with E-state index in [1.807, 2.05) is 26.8 Å². The van der Waals surface area contributed by atoms with Gasteiger partial charge in [0.25, 0.3) is 0 Å². The summed E-state index contributed by atoms with van der Waals surface area (Å²) < 4.78 is 0. The van der Waals surface area contributed by atoms with Crippen LogP contribution in [0.4, 0.5) is 0 Å². The maximum absolute atomic E-state index is 12.6. The third-order valence-electron chi connectivity index (χ3n) is 9.81. The lowest BCUT2D eigenvalue weighted by atomic mass is 9.45. The van der Waals surface area contributed by atoms with Crippen molar-refractivity contribution < 1.29 is 34.8 Å². The van der Waals surface area contributed by atoms with Crippen molar-refractivity contribution in [3.05, 3.63) is 59.7 Å². The van der Waals surface area contributed by atoms with Crippen LogP contribution in [0.1, 0.15) is 56.8 Å². The Balaban J connectivity index is 0.000000301. The molecule has 7 nitrogen and oxygen atoms in total. The summed E-state index contributed by atoms with van der Waals surface area (Å²) in [6.07, 6.45) is 6.22. The number of Topliss-reactive ketones (excluding diaryl/α,β-unsaturated/α-hetero) is 1. The molecule has 3 fully saturated rings. The number of carbonyl (C=O) groups is 3. The second-order valence-corrected chi connectivity index (χ2v) is 12.0. The van der Waals surface area contributed by atoms with Gasteiger partial charge < -0.3 is 20.4 Å². The molecule has 1 aromatic carbocycles. The van der Waals surface area contributed by atoms with Crippen molar-refractivity contribution in [2.24, 2.45) is 28.6 Å². The molecule has 8 atom stereocenters. The van der Waals surface area contributed by atoms with Gasteiger partial charge in [-0.25, -0.2) is 4.79 Å². The Morgan fingerprint density at radius 2 is 1.78 bits per heavy atom. The molecule has 3 saturated carbocycles. The first-order chi connectivity index (χ1) is 17.3. The first-order valence-corrected chi connectivity index (χ1v) is 13.1. The summed E-state index contributed by atoms with van der Waals surface area (Å²) in [6, 6.07) is 8.30. The average molecular weight is 531 g/mol. The zero-order valence-corrected chi connectivity index (χ0v) is 22.1. The van der Waals surface area contributed by atoms with Gasteiger partial charge in [-0.3, -0.25) is 9.59 Å². The van der Waals surface area contributed by atoms with Crippen LogP contribution in [0.3, 0.4) is 0 Å². The SMILES string of the molecule is C[C@H]1C[C@H]2[C@@H]3CCC4=CC(=O)C=C[C@]4(C)[C@@]3(Cl)[C@@H](O)C[C@]2(C)[C@@]1(O)C(=O)CO.O=C(O)c1ccccc1. The number of aromatic carboxylic acids is 1. The maximum atomic E-state index is 12.6. The lowest BCUT2D eigenvalue weighted by Crippen LogP contribution is -2.69. The van der Waals surface area contributed by atoms with E-state index in [0.717, 1.165) is 5.57 Å². The minimum absolute atomic E-state index is 0.0567. The summed E-state index contributed by atoms with van der Waals surface area (Å²) in [4.78, 5) is 33.7. The third kappa shape index (κ3) is 3.85. The molecule has 4 N–H and O–H groups in total. The van der Waals surface area contributed by atoms with Crippen molar-refractivity contribution in [1.29, 1.82) is 0 Å². The van der Waals surface area contributed by atoms with Crippen molar-refractivity contribution in [3.63, 3.8) is 0 Å². The Kier molecular flexibility index (Phi) is 7.08. The molecule has 8 heteroatoms. The molecule has 0 aliphatic heterocycles. The van der Waals surface area contributed by atoms with E-state index in [9.17, 15) is 29.7 Å². The second-order valence-electron chi connectivity index (χ2n) is 11.4. The molecular formula is C29H35ClO7. The molecular weight excluding hydrogens is 496 g/mol. The summed E-state index contributed by atoms with van der Waals surface area (Å²) in [7, 11) is 0. The van der Waals surface area contributed by atoms with Crippen molar-refractivity contribution in [3.8, 4) is 0 Å². The van der Waals surface area contributed by atoms with Gasteiger partial charge in [0.2, 0.25) is 0 Å². The van der Waals surface area contributed by atoms with E-state index in [2.05, 4.69) is 0 Å². The maximum Gasteiger partial charge on any atom is 0.335 e. The lowest BCUT2D eigenvalue weighted by molar-refractivity contribution is -0.179. The van der Waals surface area contributed by atoms with Crippen LogP contribution in [0.2, 0.25) is 0 Å². The van der Waals surface area contributed by atoms with E-state index in [-0.39, 0.29) is 30.0 Å². The topological polar surface area (TPSA) is 132 Å². The van der Waals surface area contributed by atoms with Gasteiger partial charge in [0.05, 0.1) is 16.5 Å². The molecule has 1 aromatic rings. The largest absolute Gasteiger partial charge is 0.478 e. The van der Waals surface area contributed by atoms with Crippen molar-refractivity contribution in [2.45, 2.75) is 63.0 Å². The number of allylic oxidation sites excluding steroid dienone is 4. The predicted octanol–water partition coefficient (Wildman–Crippen LogP) is 3.55. The van der Waals surface area contributed by atoms with E-state index in [1.165, 1.54) is 6.08 Å². The number of alkyl halides is 1. The molecule has 0 heterocycles. The Bertz CT molecular complexity index is 1160. The molecule has 0 unspecified atom stereocenters. The third-order valence-corrected chi connectivity index (χ3v) is 10.7. The fourth-order valence-corrected chi connectivity index (χ4v) is 8.36. The second kappa shape index (κ2) is 9.45. The van der Waals surface area contributed by atoms with Crippen LogP contribution in [-0.2, 0) is 9.59 Å². The number of aliphatic hydroxyl groups is 3. The van der Waals surface area contributed by atoms with E-state index >= 15 is 0 Å². The number of ketones is 2. The highest BCUT2D eigenvalue weighted by Gasteiger charge is 2.74. The number of rotatable bonds is 3. The van der Waals surface area contributed by atoms with Crippen LogP contribution >= 0.6 is 11.6 Å². The van der Waals surface area contributed by atoms with Gasteiger partial charge in [-0.1, -0.05) is 50.6 Å². The van der Waals surface area contributed by atoms with Gasteiger partial charge in [-0.2, -0.15) is 0 Å². The Hall–Kier alpha value is -2.32. The van der Waals surface area contributed by atoms with Crippen LogP contribution in [0.15, 0.2) is 54.1 Å². The molecule has 4 aliphatic rings. The van der Waals surface area contributed by atoms with Gasteiger partial charge >= 0.3 is 5.97 Å². The van der Waals surface area contributed by atoms with E-state index in [4.69, 9.17) is 16.7 Å². The number of carbonyl (C=O) groups excluding carboxylic acids is 2. The summed E-state index contributed by atoms with van der Waals surface area (Å²) >= 11 is 7.30. The number of aliphatic hydroxyl groups excluding tert-OH is 2. The Labute approximate surface area is 221 Å². The van der Waals surface area contributed by atoms with Crippen LogP contribution in [0.25, 0.3) is 0 Å². The molecule has 5 rings (SSSR count). The molecule has 0 spiro atoms. The quantitative estimate of drug-likeness (QED) is 0.439. The smallest absolute Gasteiger partial charge is 0.335 e. The summed E-state index contributed by atoms with van der Waals surface area (Å²) in [6.45, 7) is 4.97. The fourth-order valence-electron chi connectivity index (χ4n) is 7.84. The molecule has 0 saturated heterocycles. The Morgan fingerprint density at radius 3 is 2.35 bits per heavy atom. The standard InChI is InChI=1S/C22H29ClO5.C7H6O2/c1-12-8-16-15-5-4-13-9-14(25)6-7-19(13,2)21(15,23)17(26)10-20(16,3)22(12,28)18(27)11-24;8-7(9)6-4-2-1-3-5-6/h6-7,9,12,15-17,24,26,28H,4-5,8,10-11H2,1-3H3;1-5H,(H,8,9)/t12-,15-,16-,17-,19-,20-,21-,22-;/m0./s1. The zero-order valence-electron chi connectivity index (χ0n) is 21.4. The van der Waals surface area contributed by atoms with Gasteiger partial charge in [0.15, 0.2) is 11.6 Å². The molecule has 0 radical (unpaired) electrons. The van der Waals surface area contributed by atoms with Gasteiger partial charge in [0, 0.05) is 10.8 Å². The lowest BCUT2D eigenvalue weighted by Gasteiger charge is -2.63. The summed E-state index contributed by atoms with van der Waals surface area (Å²) in [5.74, 6) is -2.03. The minimum atomic E-state index is -1.68. The number of hydrogen-bond acceptors (Lipinski definition) is 6. The van der Waals surface area contributed by atoms with Crippen molar-refractivity contribution >= 4 is 29.1 Å². The normalized spacial score (nSPS) is 41.9. The average Bonchev–Trinajstić information content (AvgIpc) is 3.07. The van der Waals surface area contributed by atoms with Crippen molar-refractivity contribution in [1.82, 2.24) is 0 Å². The van der Waals surface area contributed by atoms with Crippen LogP contribution in [0.5, 0.6) is 0 Å². The van der Waals surface area contributed by atoms with E-state index < -0.39 is 45.8 Å². The molecule has 0 aromatic heterocycles. The predicted molar refractivity (Wildman–Crippen MR) is 138 cm³/mol. The first-order valence-electron chi connectivity index (χ1n) is 12.7. The highest BCUT2D eigenvalue weighted by Crippen LogP contribution is 2.71. The van der Waals surface area contributed by atoms with Gasteiger partial charge in [-0.15, -0.1) is 11.6 Å². The van der Waals surface area contributed by atoms with Crippen LogP contribution < -0.4 is 0 Å². The number of carboxylic acid groups (broad SMARTS) is 1. The van der Waals surface area contributed by atoms with Crippen LogP contribution in [0, 0.1) is 28.6 Å².